The van der Waals surface area contributed by atoms with E-state index in [2.05, 4.69) is 0 Å². The van der Waals surface area contributed by atoms with Crippen LogP contribution in [-0.4, -0.2) is 48.1 Å². The summed E-state index contributed by atoms with van der Waals surface area (Å²) in [6.07, 6.45) is -0.0552. The third-order valence-electron chi connectivity index (χ3n) is 1.38. The predicted octanol–water partition coefficient (Wildman–Crippen LogP) is -1.41. The molecule has 0 aliphatic carbocycles. The quantitative estimate of drug-likeness (QED) is 0.508. The molecule has 0 fully saturated rings. The number of rotatable bonds is 5. The molecule has 3 amide bonds. The van der Waals surface area contributed by atoms with E-state index in [4.69, 9.17) is 10.8 Å². The lowest BCUT2D eigenvalue weighted by atomic mass is 10.4. The van der Waals surface area contributed by atoms with Crippen molar-refractivity contribution in [1.82, 2.24) is 10.2 Å². The van der Waals surface area contributed by atoms with Crippen molar-refractivity contribution in [3.63, 3.8) is 0 Å². The van der Waals surface area contributed by atoms with Crippen LogP contribution in [0.2, 0.25) is 0 Å². The Kier molecular flexibility index (Phi) is 5.23. The molecule has 80 valence electrons. The lowest BCUT2D eigenvalue weighted by Crippen LogP contribution is -2.41. The van der Waals surface area contributed by atoms with Crippen LogP contribution in [0.1, 0.15) is 6.42 Å². The van der Waals surface area contributed by atoms with Crippen molar-refractivity contribution in [1.29, 1.82) is 0 Å². The number of nitrogens with two attached hydrogens (primary N) is 1. The van der Waals surface area contributed by atoms with Crippen LogP contribution in [0.4, 0.5) is 4.79 Å². The molecule has 0 aromatic carbocycles. The number of carbonyl (C=O) groups is 3. The Bertz CT molecular complexity index is 241. The normalized spacial score (nSPS) is 9.86. The number of nitrogens with zero attached hydrogens (tertiary/aromatic N) is 1. The van der Waals surface area contributed by atoms with E-state index in [1.54, 1.807) is 7.05 Å². The van der Waals surface area contributed by atoms with Crippen LogP contribution in [0.25, 0.3) is 0 Å². The molecule has 0 aromatic rings. The van der Waals surface area contributed by atoms with Crippen LogP contribution in [0.3, 0.4) is 0 Å². The molecule has 0 spiro atoms. The van der Waals surface area contributed by atoms with Gasteiger partial charge in [-0.3, -0.25) is 19.8 Å². The molecule has 0 radical (unpaired) electrons. The minimum Gasteiger partial charge on any atom is -0.481 e. The SMILES string of the molecule is CN(CCC(=O)O)CC(=O)NC(N)=O. The van der Waals surface area contributed by atoms with Crippen molar-refractivity contribution < 1.29 is 19.5 Å². The maximum Gasteiger partial charge on any atom is 0.318 e. The highest BCUT2D eigenvalue weighted by molar-refractivity contribution is 5.94. The summed E-state index contributed by atoms with van der Waals surface area (Å²) in [5.41, 5.74) is 4.71. The van der Waals surface area contributed by atoms with Crippen LogP contribution in [0.5, 0.6) is 0 Å². The van der Waals surface area contributed by atoms with Crippen molar-refractivity contribution in [2.24, 2.45) is 5.73 Å². The Morgan fingerprint density at radius 2 is 2.00 bits per heavy atom. The maximum absolute atomic E-state index is 10.9. The predicted molar refractivity (Wildman–Crippen MR) is 47.5 cm³/mol. The van der Waals surface area contributed by atoms with Gasteiger partial charge in [-0.1, -0.05) is 0 Å². The van der Waals surface area contributed by atoms with Gasteiger partial charge in [0.2, 0.25) is 5.91 Å². The number of aliphatic carboxylic acids is 1. The van der Waals surface area contributed by atoms with Gasteiger partial charge in [0, 0.05) is 6.54 Å². The fourth-order valence-electron chi connectivity index (χ4n) is 0.788. The average molecular weight is 203 g/mol. The number of carboxylic acids is 1. The zero-order chi connectivity index (χ0) is 11.1. The number of hydrogen-bond donors (Lipinski definition) is 3. The summed E-state index contributed by atoms with van der Waals surface area (Å²) in [6, 6.07) is -0.915. The third kappa shape index (κ3) is 7.04. The van der Waals surface area contributed by atoms with Gasteiger partial charge >= 0.3 is 12.0 Å². The fourth-order valence-corrected chi connectivity index (χ4v) is 0.788. The number of hydrogen-bond acceptors (Lipinski definition) is 4. The summed E-state index contributed by atoms with van der Waals surface area (Å²) >= 11 is 0. The Hall–Kier alpha value is -1.63. The highest BCUT2D eigenvalue weighted by Gasteiger charge is 2.08. The number of carboxylic acid groups (broad SMARTS) is 1. The number of nitrogens with one attached hydrogen (secondary N) is 1. The molecule has 0 bridgehead atoms. The van der Waals surface area contributed by atoms with E-state index in [0.29, 0.717) is 0 Å². The Morgan fingerprint density at radius 1 is 1.43 bits per heavy atom. The van der Waals surface area contributed by atoms with Crippen LogP contribution in [0.15, 0.2) is 0 Å². The van der Waals surface area contributed by atoms with E-state index in [9.17, 15) is 14.4 Å². The molecule has 7 nitrogen and oxygen atoms in total. The molecule has 0 aromatic heterocycles. The molecule has 0 saturated carbocycles. The van der Waals surface area contributed by atoms with Gasteiger partial charge in [-0.25, -0.2) is 4.79 Å². The molecule has 7 heteroatoms. The van der Waals surface area contributed by atoms with Crippen LogP contribution in [-0.2, 0) is 9.59 Å². The lowest BCUT2D eigenvalue weighted by molar-refractivity contribution is -0.137. The van der Waals surface area contributed by atoms with E-state index >= 15 is 0 Å². The van der Waals surface area contributed by atoms with E-state index in [0.717, 1.165) is 0 Å². The van der Waals surface area contributed by atoms with Gasteiger partial charge in [0.25, 0.3) is 0 Å². The summed E-state index contributed by atoms with van der Waals surface area (Å²) in [7, 11) is 1.57. The van der Waals surface area contributed by atoms with Crippen LogP contribution in [0, 0.1) is 0 Å². The molecule has 0 atom stereocenters. The minimum absolute atomic E-state index is 0.0552. The highest BCUT2D eigenvalue weighted by Crippen LogP contribution is 1.86. The summed E-state index contributed by atoms with van der Waals surface area (Å²) in [6.45, 7) is 0.178. The number of likely N-dealkylation sites (N-methyl/N-ethyl adjacent to an activating group) is 1. The molecule has 0 aliphatic heterocycles. The maximum atomic E-state index is 10.9. The second kappa shape index (κ2) is 5.92. The molecule has 0 saturated heterocycles. The van der Waals surface area contributed by atoms with Crippen molar-refractivity contribution in [2.75, 3.05) is 20.1 Å². The van der Waals surface area contributed by atoms with Crippen molar-refractivity contribution in [3.05, 3.63) is 0 Å². The van der Waals surface area contributed by atoms with Gasteiger partial charge in [0.1, 0.15) is 0 Å². The molecule has 0 aliphatic rings. The molecule has 0 rings (SSSR count). The van der Waals surface area contributed by atoms with Gasteiger partial charge in [-0.15, -0.1) is 0 Å². The fraction of sp³-hybridized carbons (Fsp3) is 0.571. The molecular weight excluding hydrogens is 190 g/mol. The van der Waals surface area contributed by atoms with Gasteiger partial charge in [-0.05, 0) is 7.05 Å². The van der Waals surface area contributed by atoms with Crippen molar-refractivity contribution in [2.45, 2.75) is 6.42 Å². The van der Waals surface area contributed by atoms with Crippen molar-refractivity contribution in [3.8, 4) is 0 Å². The summed E-state index contributed by atoms with van der Waals surface area (Å²) in [5.74, 6) is -1.49. The Labute approximate surface area is 80.9 Å². The van der Waals surface area contributed by atoms with E-state index in [-0.39, 0.29) is 19.5 Å². The first kappa shape index (κ1) is 12.4. The van der Waals surface area contributed by atoms with Gasteiger partial charge in [0.15, 0.2) is 0 Å². The summed E-state index contributed by atoms with van der Waals surface area (Å²) < 4.78 is 0. The summed E-state index contributed by atoms with van der Waals surface area (Å²) in [5, 5.41) is 10.2. The van der Waals surface area contributed by atoms with Gasteiger partial charge < -0.3 is 10.8 Å². The zero-order valence-electron chi connectivity index (χ0n) is 7.82. The van der Waals surface area contributed by atoms with Gasteiger partial charge in [0.05, 0.1) is 13.0 Å². The lowest BCUT2D eigenvalue weighted by Gasteiger charge is -2.13. The smallest absolute Gasteiger partial charge is 0.318 e. The standard InChI is InChI=1S/C7H13N3O4/c1-10(3-2-6(12)13)4-5(11)9-7(8)14/h2-4H2,1H3,(H,12,13)(H3,8,9,11,14). The number of primary amides is 1. The number of imide groups is 1. The first-order valence-corrected chi connectivity index (χ1v) is 3.91. The number of amides is 3. The second-order valence-electron chi connectivity index (χ2n) is 2.79. The average Bonchev–Trinajstić information content (AvgIpc) is 1.98. The number of urea groups is 1. The second-order valence-corrected chi connectivity index (χ2v) is 2.79. The highest BCUT2D eigenvalue weighted by atomic mass is 16.4. The molecule has 0 heterocycles. The monoisotopic (exact) mass is 203 g/mol. The molecular formula is C7H13N3O4. The van der Waals surface area contributed by atoms with Crippen LogP contribution < -0.4 is 11.1 Å². The number of carbonyl (C=O) groups excluding carboxylic acids is 2. The first-order valence-electron chi connectivity index (χ1n) is 3.91. The van der Waals surface area contributed by atoms with E-state index in [1.165, 1.54) is 4.90 Å². The van der Waals surface area contributed by atoms with E-state index < -0.39 is 17.9 Å². The van der Waals surface area contributed by atoms with E-state index in [1.807, 2.05) is 5.32 Å². The van der Waals surface area contributed by atoms with Crippen molar-refractivity contribution >= 4 is 17.9 Å². The first-order chi connectivity index (χ1) is 6.41. The topological polar surface area (TPSA) is 113 Å². The largest absolute Gasteiger partial charge is 0.481 e. The summed E-state index contributed by atoms with van der Waals surface area (Å²) in [4.78, 5) is 32.8. The third-order valence-corrected chi connectivity index (χ3v) is 1.38. The molecule has 14 heavy (non-hydrogen) atoms. The Morgan fingerprint density at radius 3 is 2.43 bits per heavy atom. The minimum atomic E-state index is -0.938. The van der Waals surface area contributed by atoms with Crippen LogP contribution >= 0.6 is 0 Å². The van der Waals surface area contributed by atoms with Gasteiger partial charge in [-0.2, -0.15) is 0 Å². The molecule has 4 N–H and O–H groups in total. The zero-order valence-corrected chi connectivity index (χ0v) is 7.82. The molecule has 0 unspecified atom stereocenters. The Balaban J connectivity index is 3.71.